The van der Waals surface area contributed by atoms with Gasteiger partial charge in [-0.05, 0) is 25.5 Å². The molecule has 0 aliphatic rings. The maximum absolute atomic E-state index is 11.0. The highest BCUT2D eigenvalue weighted by Crippen LogP contribution is 2.19. The number of benzene rings is 1. The highest BCUT2D eigenvalue weighted by atomic mass is 16.1. The van der Waals surface area contributed by atoms with E-state index >= 15 is 0 Å². The van der Waals surface area contributed by atoms with Crippen LogP contribution in [0.25, 0.3) is 0 Å². The third-order valence-corrected chi connectivity index (χ3v) is 1.89. The minimum Gasteiger partial charge on any atom is -0.384 e. The fourth-order valence-electron chi connectivity index (χ4n) is 1.28. The molecule has 3 N–H and O–H groups in total. The van der Waals surface area contributed by atoms with E-state index in [1.54, 1.807) is 6.07 Å². The fourth-order valence-corrected chi connectivity index (χ4v) is 1.28. The number of primary amides is 1. The van der Waals surface area contributed by atoms with Crippen molar-refractivity contribution < 1.29 is 4.79 Å². The maximum Gasteiger partial charge on any atom is 0.250 e. The molecule has 0 fully saturated rings. The van der Waals surface area contributed by atoms with Crippen LogP contribution in [-0.4, -0.2) is 12.5 Å². The largest absolute Gasteiger partial charge is 0.384 e. The topological polar surface area (TPSA) is 55.1 Å². The molecule has 13 heavy (non-hydrogen) atoms. The summed E-state index contributed by atoms with van der Waals surface area (Å²) >= 11 is 0. The lowest BCUT2D eigenvalue weighted by atomic mass is 10.1. The van der Waals surface area contributed by atoms with Crippen molar-refractivity contribution >= 4 is 11.6 Å². The number of rotatable bonds is 3. The highest BCUT2D eigenvalue weighted by molar-refractivity contribution is 5.99. The third-order valence-electron chi connectivity index (χ3n) is 1.89. The monoisotopic (exact) mass is 178 g/mol. The van der Waals surface area contributed by atoms with Gasteiger partial charge in [-0.15, -0.1) is 0 Å². The van der Waals surface area contributed by atoms with Crippen molar-refractivity contribution in [2.24, 2.45) is 5.73 Å². The Kier molecular flexibility index (Phi) is 2.90. The first kappa shape index (κ1) is 9.58. The van der Waals surface area contributed by atoms with Gasteiger partial charge in [-0.2, -0.15) is 0 Å². The van der Waals surface area contributed by atoms with Gasteiger partial charge >= 0.3 is 0 Å². The standard InChI is InChI=1S/C10H14N2O/c1-3-12-9-7(2)5-4-6-8(9)10(11)13/h4-6,12H,3H2,1-2H3,(H2,11,13). The van der Waals surface area contributed by atoms with E-state index in [2.05, 4.69) is 5.32 Å². The second-order valence-electron chi connectivity index (χ2n) is 2.89. The van der Waals surface area contributed by atoms with Gasteiger partial charge in [-0.25, -0.2) is 0 Å². The molecular weight excluding hydrogens is 164 g/mol. The summed E-state index contributed by atoms with van der Waals surface area (Å²) in [6.45, 7) is 4.72. The SMILES string of the molecule is CCNc1c(C)cccc1C(N)=O. The van der Waals surface area contributed by atoms with Crippen LogP contribution in [-0.2, 0) is 0 Å². The Morgan fingerprint density at radius 2 is 2.23 bits per heavy atom. The predicted molar refractivity (Wildman–Crippen MR) is 53.9 cm³/mol. The maximum atomic E-state index is 11.0. The fraction of sp³-hybridized carbons (Fsp3) is 0.300. The molecule has 0 aliphatic heterocycles. The molecule has 3 heteroatoms. The van der Waals surface area contributed by atoms with E-state index in [4.69, 9.17) is 5.73 Å². The van der Waals surface area contributed by atoms with Crippen LogP contribution in [0.15, 0.2) is 18.2 Å². The third kappa shape index (κ3) is 1.99. The van der Waals surface area contributed by atoms with Crippen LogP contribution in [0, 0.1) is 6.92 Å². The van der Waals surface area contributed by atoms with Crippen molar-refractivity contribution in [1.82, 2.24) is 0 Å². The van der Waals surface area contributed by atoms with E-state index < -0.39 is 0 Å². The van der Waals surface area contributed by atoms with Gasteiger partial charge in [0.05, 0.1) is 5.56 Å². The Morgan fingerprint density at radius 1 is 1.54 bits per heavy atom. The van der Waals surface area contributed by atoms with Gasteiger partial charge in [0.1, 0.15) is 0 Å². The summed E-state index contributed by atoms with van der Waals surface area (Å²) in [4.78, 5) is 11.0. The van der Waals surface area contributed by atoms with Crippen LogP contribution in [0.2, 0.25) is 0 Å². The van der Waals surface area contributed by atoms with Crippen molar-refractivity contribution in [2.75, 3.05) is 11.9 Å². The number of hydrogen-bond acceptors (Lipinski definition) is 2. The molecule has 0 bridgehead atoms. The van der Waals surface area contributed by atoms with E-state index in [-0.39, 0.29) is 5.91 Å². The van der Waals surface area contributed by atoms with E-state index in [9.17, 15) is 4.79 Å². The van der Waals surface area contributed by atoms with Crippen molar-refractivity contribution in [3.63, 3.8) is 0 Å². The molecule has 1 aromatic rings. The lowest BCUT2D eigenvalue weighted by molar-refractivity contribution is 0.100. The number of carbonyl (C=O) groups is 1. The summed E-state index contributed by atoms with van der Waals surface area (Å²) in [5.41, 5.74) is 7.68. The van der Waals surface area contributed by atoms with Crippen LogP contribution in [0.3, 0.4) is 0 Å². The average Bonchev–Trinajstić information content (AvgIpc) is 2.08. The quantitative estimate of drug-likeness (QED) is 0.737. The van der Waals surface area contributed by atoms with Crippen LogP contribution < -0.4 is 11.1 Å². The molecule has 3 nitrogen and oxygen atoms in total. The zero-order valence-electron chi connectivity index (χ0n) is 7.92. The molecule has 1 aromatic carbocycles. The average molecular weight is 178 g/mol. The van der Waals surface area contributed by atoms with Crippen LogP contribution in [0.1, 0.15) is 22.8 Å². The number of aryl methyl sites for hydroxylation is 1. The van der Waals surface area contributed by atoms with Gasteiger partial charge in [0.15, 0.2) is 0 Å². The van der Waals surface area contributed by atoms with Crippen LogP contribution >= 0.6 is 0 Å². The van der Waals surface area contributed by atoms with Gasteiger partial charge in [0, 0.05) is 12.2 Å². The minimum atomic E-state index is -0.389. The van der Waals surface area contributed by atoms with Crippen molar-refractivity contribution in [1.29, 1.82) is 0 Å². The summed E-state index contributed by atoms with van der Waals surface area (Å²) < 4.78 is 0. The smallest absolute Gasteiger partial charge is 0.250 e. The Labute approximate surface area is 77.9 Å². The predicted octanol–water partition coefficient (Wildman–Crippen LogP) is 1.53. The molecule has 0 atom stereocenters. The van der Waals surface area contributed by atoms with Gasteiger partial charge in [-0.1, -0.05) is 12.1 Å². The zero-order chi connectivity index (χ0) is 9.84. The molecule has 0 radical (unpaired) electrons. The molecule has 70 valence electrons. The normalized spacial score (nSPS) is 9.69. The van der Waals surface area contributed by atoms with E-state index in [1.807, 2.05) is 26.0 Å². The molecule has 0 saturated heterocycles. The number of anilines is 1. The minimum absolute atomic E-state index is 0.389. The highest BCUT2D eigenvalue weighted by Gasteiger charge is 2.08. The number of nitrogens with two attached hydrogens (primary N) is 1. The second kappa shape index (κ2) is 3.94. The Bertz CT molecular complexity index is 321. The first-order valence-electron chi connectivity index (χ1n) is 4.30. The van der Waals surface area contributed by atoms with E-state index in [0.717, 1.165) is 17.8 Å². The number of para-hydroxylation sites is 1. The molecule has 0 heterocycles. The lowest BCUT2D eigenvalue weighted by Gasteiger charge is -2.10. The molecule has 1 amide bonds. The number of nitrogens with one attached hydrogen (secondary N) is 1. The van der Waals surface area contributed by atoms with Gasteiger partial charge in [0.25, 0.3) is 5.91 Å². The zero-order valence-corrected chi connectivity index (χ0v) is 7.92. The summed E-state index contributed by atoms with van der Waals surface area (Å²) in [6.07, 6.45) is 0. The number of amides is 1. The van der Waals surface area contributed by atoms with Gasteiger partial charge in [0.2, 0.25) is 0 Å². The first-order chi connectivity index (χ1) is 6.16. The van der Waals surface area contributed by atoms with Crippen LogP contribution in [0.4, 0.5) is 5.69 Å². The first-order valence-corrected chi connectivity index (χ1v) is 4.30. The Balaban J connectivity index is 3.17. The molecule has 1 rings (SSSR count). The Morgan fingerprint density at radius 3 is 2.77 bits per heavy atom. The summed E-state index contributed by atoms with van der Waals surface area (Å²) in [6, 6.07) is 5.51. The van der Waals surface area contributed by atoms with Crippen LogP contribution in [0.5, 0.6) is 0 Å². The molecule has 0 aliphatic carbocycles. The molecule has 0 aromatic heterocycles. The van der Waals surface area contributed by atoms with E-state index in [1.165, 1.54) is 0 Å². The lowest BCUT2D eigenvalue weighted by Crippen LogP contribution is -2.15. The summed E-state index contributed by atoms with van der Waals surface area (Å²) in [5, 5.41) is 3.12. The summed E-state index contributed by atoms with van der Waals surface area (Å²) in [5.74, 6) is -0.389. The Hall–Kier alpha value is -1.51. The molecule has 0 unspecified atom stereocenters. The van der Waals surface area contributed by atoms with Gasteiger partial charge in [-0.3, -0.25) is 4.79 Å². The van der Waals surface area contributed by atoms with E-state index in [0.29, 0.717) is 5.56 Å². The second-order valence-corrected chi connectivity index (χ2v) is 2.89. The molecule has 0 saturated carbocycles. The molecule has 0 spiro atoms. The number of hydrogen-bond donors (Lipinski definition) is 2. The number of carbonyl (C=O) groups excluding carboxylic acids is 1. The van der Waals surface area contributed by atoms with Crippen molar-refractivity contribution in [2.45, 2.75) is 13.8 Å². The summed E-state index contributed by atoms with van der Waals surface area (Å²) in [7, 11) is 0. The van der Waals surface area contributed by atoms with Crippen molar-refractivity contribution in [3.05, 3.63) is 29.3 Å². The van der Waals surface area contributed by atoms with Crippen molar-refractivity contribution in [3.8, 4) is 0 Å². The molecular formula is C10H14N2O. The van der Waals surface area contributed by atoms with Gasteiger partial charge < -0.3 is 11.1 Å².